The molecule has 1 aliphatic rings. The van der Waals surface area contributed by atoms with Gasteiger partial charge in [-0.1, -0.05) is 34.6 Å². The van der Waals surface area contributed by atoms with Gasteiger partial charge in [-0.25, -0.2) is 0 Å². The zero-order chi connectivity index (χ0) is 17.2. The number of aliphatic hydroxyl groups excluding tert-OH is 1. The Balaban J connectivity index is 1.92. The minimum Gasteiger partial charge on any atom is -0.378 e. The van der Waals surface area contributed by atoms with Gasteiger partial charge in [0.15, 0.2) is 0 Å². The summed E-state index contributed by atoms with van der Waals surface area (Å²) in [5.41, 5.74) is 1.28. The Morgan fingerprint density at radius 3 is 2.83 bits per heavy atom. The van der Waals surface area contributed by atoms with Crippen LogP contribution < -0.4 is 5.32 Å². The van der Waals surface area contributed by atoms with E-state index in [1.165, 1.54) is 0 Å². The van der Waals surface area contributed by atoms with Crippen LogP contribution >= 0.6 is 0 Å². The molecule has 6 heteroatoms. The summed E-state index contributed by atoms with van der Waals surface area (Å²) in [6.07, 6.45) is 1.18. The molecule has 23 heavy (non-hydrogen) atoms. The largest absolute Gasteiger partial charge is 0.378 e. The number of carbonyl (C=O) groups is 1. The number of likely N-dealkylation sites (tertiary alicyclic amines) is 1. The molecule has 2 atom stereocenters. The van der Waals surface area contributed by atoms with Crippen LogP contribution in [0.4, 0.5) is 0 Å². The van der Waals surface area contributed by atoms with Crippen LogP contribution in [-0.4, -0.2) is 51.5 Å². The summed E-state index contributed by atoms with van der Waals surface area (Å²) < 4.78 is 0. The number of hydrogen-bond acceptors (Lipinski definition) is 4. The molecule has 0 radical (unpaired) electrons. The van der Waals surface area contributed by atoms with Crippen LogP contribution in [0.15, 0.2) is 6.07 Å². The highest BCUT2D eigenvalue weighted by Crippen LogP contribution is 2.24. The quantitative estimate of drug-likeness (QED) is 0.701. The van der Waals surface area contributed by atoms with Crippen LogP contribution in [0.2, 0.25) is 0 Å². The van der Waals surface area contributed by atoms with E-state index in [4.69, 9.17) is 0 Å². The topological polar surface area (TPSA) is 81.2 Å². The van der Waals surface area contributed by atoms with Gasteiger partial charge in [0.05, 0.1) is 0 Å². The van der Waals surface area contributed by atoms with Crippen molar-refractivity contribution >= 4 is 5.91 Å². The molecule has 0 saturated carbocycles. The van der Waals surface area contributed by atoms with Crippen molar-refractivity contribution in [3.05, 3.63) is 17.5 Å². The van der Waals surface area contributed by atoms with Gasteiger partial charge in [-0.2, -0.15) is 5.10 Å². The van der Waals surface area contributed by atoms with Gasteiger partial charge in [0.2, 0.25) is 0 Å². The standard InChI is InChI=1S/C17H30N4O2/c1-6-17(4,5)16(23)18-12-7-8-21(10-12)15(22)14-9-13(11(2)3)19-20-14/h9,11-12,16,18,23H,6-8,10H2,1-5H3,(H,19,20). The van der Waals surface area contributed by atoms with Gasteiger partial charge in [-0.15, -0.1) is 0 Å². The third-order valence-electron chi connectivity index (χ3n) is 4.96. The maximum absolute atomic E-state index is 12.5. The highest BCUT2D eigenvalue weighted by atomic mass is 16.3. The van der Waals surface area contributed by atoms with E-state index >= 15 is 0 Å². The molecule has 2 unspecified atom stereocenters. The number of amides is 1. The molecule has 1 saturated heterocycles. The lowest BCUT2D eigenvalue weighted by Gasteiger charge is -2.32. The van der Waals surface area contributed by atoms with Gasteiger partial charge in [-0.05, 0) is 24.8 Å². The SMILES string of the molecule is CCC(C)(C)C(O)NC1CCN(C(=O)c2cc(C(C)C)[nH]n2)C1. The highest BCUT2D eigenvalue weighted by Gasteiger charge is 2.33. The summed E-state index contributed by atoms with van der Waals surface area (Å²) >= 11 is 0. The molecular weight excluding hydrogens is 292 g/mol. The van der Waals surface area contributed by atoms with Crippen molar-refractivity contribution in [2.24, 2.45) is 5.41 Å². The number of aromatic amines is 1. The lowest BCUT2D eigenvalue weighted by Crippen LogP contribution is -2.48. The summed E-state index contributed by atoms with van der Waals surface area (Å²) in [5.74, 6) is 0.283. The maximum Gasteiger partial charge on any atom is 0.274 e. The zero-order valence-electron chi connectivity index (χ0n) is 14.9. The van der Waals surface area contributed by atoms with Crippen molar-refractivity contribution in [1.29, 1.82) is 0 Å². The minimum absolute atomic E-state index is 0.0401. The van der Waals surface area contributed by atoms with E-state index in [0.717, 1.165) is 18.5 Å². The molecule has 1 aromatic rings. The van der Waals surface area contributed by atoms with Gasteiger partial charge in [-0.3, -0.25) is 15.2 Å². The Kier molecular flexibility index (Phi) is 5.47. The van der Waals surface area contributed by atoms with E-state index < -0.39 is 6.23 Å². The first-order valence-electron chi connectivity index (χ1n) is 8.53. The molecule has 2 heterocycles. The number of nitrogens with zero attached hydrogens (tertiary/aromatic N) is 2. The fourth-order valence-electron chi connectivity index (χ4n) is 2.63. The van der Waals surface area contributed by atoms with Crippen molar-refractivity contribution in [3.8, 4) is 0 Å². The fourth-order valence-corrected chi connectivity index (χ4v) is 2.63. The first-order valence-corrected chi connectivity index (χ1v) is 8.53. The first kappa shape index (κ1) is 17.9. The fraction of sp³-hybridized carbons (Fsp3) is 0.765. The van der Waals surface area contributed by atoms with Crippen molar-refractivity contribution in [3.63, 3.8) is 0 Å². The van der Waals surface area contributed by atoms with E-state index in [9.17, 15) is 9.90 Å². The molecule has 3 N–H and O–H groups in total. The average molecular weight is 322 g/mol. The number of aromatic nitrogens is 2. The van der Waals surface area contributed by atoms with Gasteiger partial charge >= 0.3 is 0 Å². The molecule has 6 nitrogen and oxygen atoms in total. The van der Waals surface area contributed by atoms with E-state index in [1.807, 2.05) is 24.8 Å². The molecule has 1 amide bonds. The van der Waals surface area contributed by atoms with Gasteiger partial charge in [0, 0.05) is 30.2 Å². The van der Waals surface area contributed by atoms with Crippen LogP contribution in [0, 0.1) is 5.41 Å². The molecule has 0 bridgehead atoms. The van der Waals surface area contributed by atoms with Crippen LogP contribution in [0.3, 0.4) is 0 Å². The van der Waals surface area contributed by atoms with E-state index in [2.05, 4.69) is 36.3 Å². The monoisotopic (exact) mass is 322 g/mol. The van der Waals surface area contributed by atoms with Crippen molar-refractivity contribution in [2.45, 2.75) is 65.6 Å². The van der Waals surface area contributed by atoms with Crippen LogP contribution in [-0.2, 0) is 0 Å². The second-order valence-corrected chi connectivity index (χ2v) is 7.51. The van der Waals surface area contributed by atoms with Gasteiger partial charge in [0.25, 0.3) is 5.91 Å². The molecular formula is C17H30N4O2. The Labute approximate surface area is 138 Å². The molecule has 1 aromatic heterocycles. The summed E-state index contributed by atoms with van der Waals surface area (Å²) in [6.45, 7) is 11.6. The van der Waals surface area contributed by atoms with Gasteiger partial charge < -0.3 is 10.0 Å². The summed E-state index contributed by atoms with van der Waals surface area (Å²) in [7, 11) is 0. The number of rotatable bonds is 6. The number of nitrogens with one attached hydrogen (secondary N) is 2. The number of carbonyl (C=O) groups excluding carboxylic acids is 1. The normalized spacial score (nSPS) is 20.3. The number of hydrogen-bond donors (Lipinski definition) is 3. The minimum atomic E-state index is -0.564. The molecule has 2 rings (SSSR count). The van der Waals surface area contributed by atoms with Crippen molar-refractivity contribution in [2.75, 3.05) is 13.1 Å². The maximum atomic E-state index is 12.5. The summed E-state index contributed by atoms with van der Waals surface area (Å²) in [4.78, 5) is 14.3. The van der Waals surface area contributed by atoms with E-state index in [1.54, 1.807) is 0 Å². The predicted octanol–water partition coefficient (Wildman–Crippen LogP) is 2.09. The van der Waals surface area contributed by atoms with Crippen LogP contribution in [0.25, 0.3) is 0 Å². The van der Waals surface area contributed by atoms with Crippen LogP contribution in [0.5, 0.6) is 0 Å². The Hall–Kier alpha value is -1.40. The van der Waals surface area contributed by atoms with E-state index in [-0.39, 0.29) is 17.4 Å². The third kappa shape index (κ3) is 4.12. The van der Waals surface area contributed by atoms with Crippen molar-refractivity contribution < 1.29 is 9.90 Å². The first-order chi connectivity index (χ1) is 10.7. The Bertz CT molecular complexity index is 538. The molecule has 0 spiro atoms. The second-order valence-electron chi connectivity index (χ2n) is 7.51. The average Bonchev–Trinajstić information content (AvgIpc) is 3.15. The molecule has 0 aliphatic carbocycles. The van der Waals surface area contributed by atoms with Gasteiger partial charge in [0.1, 0.15) is 11.9 Å². The predicted molar refractivity (Wildman–Crippen MR) is 90.2 cm³/mol. The molecule has 1 fully saturated rings. The molecule has 130 valence electrons. The zero-order valence-corrected chi connectivity index (χ0v) is 14.9. The van der Waals surface area contributed by atoms with Crippen LogP contribution in [0.1, 0.15) is 69.6 Å². The lowest BCUT2D eigenvalue weighted by molar-refractivity contribution is 0.0105. The number of H-pyrrole nitrogens is 1. The van der Waals surface area contributed by atoms with E-state index in [0.29, 0.717) is 24.7 Å². The summed E-state index contributed by atoms with van der Waals surface area (Å²) in [5, 5.41) is 20.6. The number of aliphatic hydroxyl groups is 1. The summed E-state index contributed by atoms with van der Waals surface area (Å²) in [6, 6.07) is 1.96. The second kappa shape index (κ2) is 7.01. The molecule has 1 aliphatic heterocycles. The smallest absolute Gasteiger partial charge is 0.274 e. The highest BCUT2D eigenvalue weighted by molar-refractivity contribution is 5.92. The molecule has 0 aromatic carbocycles. The van der Waals surface area contributed by atoms with Crippen molar-refractivity contribution in [1.82, 2.24) is 20.4 Å². The Morgan fingerprint density at radius 1 is 1.57 bits per heavy atom. The lowest BCUT2D eigenvalue weighted by atomic mass is 9.88. The third-order valence-corrected chi connectivity index (χ3v) is 4.96. The Morgan fingerprint density at radius 2 is 2.26 bits per heavy atom.